The van der Waals surface area contributed by atoms with Crippen molar-refractivity contribution in [2.45, 2.75) is 34.1 Å². The molecular formula is C16H31N3O3. The minimum atomic E-state index is -0.154. The van der Waals surface area contributed by atoms with E-state index in [4.69, 9.17) is 10.5 Å². The van der Waals surface area contributed by atoms with Crippen molar-refractivity contribution in [2.24, 2.45) is 11.7 Å². The second kappa shape index (κ2) is 14.3. The molecule has 4 N–H and O–H groups in total. The summed E-state index contributed by atoms with van der Waals surface area (Å²) in [6.07, 6.45) is 0.818. The summed E-state index contributed by atoms with van der Waals surface area (Å²) < 4.78 is 5.14. The lowest BCUT2D eigenvalue weighted by Crippen LogP contribution is -2.27. The van der Waals surface area contributed by atoms with Crippen LogP contribution in [0, 0.1) is 5.92 Å². The molecule has 0 aromatic carbocycles. The summed E-state index contributed by atoms with van der Waals surface area (Å²) in [5.41, 5.74) is 6.26. The molecule has 0 radical (unpaired) electrons. The topological polar surface area (TPSA) is 93.5 Å². The van der Waals surface area contributed by atoms with E-state index in [9.17, 15) is 9.59 Å². The Morgan fingerprint density at radius 3 is 2.00 bits per heavy atom. The highest BCUT2D eigenvalue weighted by atomic mass is 16.5. The minimum absolute atomic E-state index is 0.0894. The number of nitrogens with two attached hydrogens (primary N) is 1. The molecular weight excluding hydrogens is 282 g/mol. The van der Waals surface area contributed by atoms with Gasteiger partial charge in [-0.2, -0.15) is 0 Å². The standard InChI is InChI=1S/C9H17NO2.C7H14N2O/c1-7(2)5-12-6-10-9(11)8(3)4;1-6(2)7(10)9-5-3-4-8/h7H,3,5-6H2,1-2,4H3,(H,10,11);1,3-5,8H2,2H3,(H,9,10). The first kappa shape index (κ1) is 22.6. The van der Waals surface area contributed by atoms with Crippen LogP contribution in [0.3, 0.4) is 0 Å². The van der Waals surface area contributed by atoms with Gasteiger partial charge in [-0.1, -0.05) is 27.0 Å². The van der Waals surface area contributed by atoms with E-state index in [1.807, 2.05) is 0 Å². The second-order valence-corrected chi connectivity index (χ2v) is 5.37. The molecule has 0 aliphatic rings. The Kier molecular flexibility index (Phi) is 14.7. The first-order chi connectivity index (χ1) is 10.2. The molecule has 0 saturated heterocycles. The first-order valence-corrected chi connectivity index (χ1v) is 7.37. The smallest absolute Gasteiger partial charge is 0.248 e. The van der Waals surface area contributed by atoms with Crippen LogP contribution >= 0.6 is 0 Å². The van der Waals surface area contributed by atoms with Gasteiger partial charge in [0, 0.05) is 17.7 Å². The van der Waals surface area contributed by atoms with Crippen molar-refractivity contribution in [3.63, 3.8) is 0 Å². The lowest BCUT2D eigenvalue weighted by Gasteiger charge is -2.07. The third kappa shape index (κ3) is 16.4. The summed E-state index contributed by atoms with van der Waals surface area (Å²) >= 11 is 0. The number of carbonyl (C=O) groups excluding carboxylic acids is 2. The molecule has 0 rings (SSSR count). The number of rotatable bonds is 9. The third-order valence-corrected chi connectivity index (χ3v) is 2.23. The zero-order valence-electron chi connectivity index (χ0n) is 14.3. The highest BCUT2D eigenvalue weighted by Gasteiger charge is 2.00. The summed E-state index contributed by atoms with van der Waals surface area (Å²) in [6, 6.07) is 0. The Morgan fingerprint density at radius 2 is 1.59 bits per heavy atom. The van der Waals surface area contributed by atoms with E-state index < -0.39 is 0 Å². The first-order valence-electron chi connectivity index (χ1n) is 7.37. The SMILES string of the molecule is C=C(C)C(=O)NCCCN.C=C(C)C(=O)NCOCC(C)C. The number of nitrogens with one attached hydrogen (secondary N) is 2. The number of hydrogen-bond acceptors (Lipinski definition) is 4. The molecule has 6 heteroatoms. The summed E-state index contributed by atoms with van der Waals surface area (Å²) in [4.78, 5) is 21.7. The van der Waals surface area contributed by atoms with Crippen LogP contribution in [-0.4, -0.2) is 38.2 Å². The maximum atomic E-state index is 10.9. The summed E-state index contributed by atoms with van der Waals surface area (Å²) in [5, 5.41) is 5.24. The number of carbonyl (C=O) groups is 2. The van der Waals surface area contributed by atoms with Gasteiger partial charge in [0.05, 0.1) is 6.61 Å². The van der Waals surface area contributed by atoms with Crippen LogP contribution in [0.1, 0.15) is 34.1 Å². The van der Waals surface area contributed by atoms with Gasteiger partial charge < -0.3 is 21.1 Å². The van der Waals surface area contributed by atoms with Crippen molar-refractivity contribution < 1.29 is 14.3 Å². The lowest BCUT2D eigenvalue weighted by atomic mass is 10.2. The minimum Gasteiger partial charge on any atom is -0.361 e. The van der Waals surface area contributed by atoms with Crippen LogP contribution in [0.25, 0.3) is 0 Å². The third-order valence-electron chi connectivity index (χ3n) is 2.23. The fourth-order valence-corrected chi connectivity index (χ4v) is 1.02. The van der Waals surface area contributed by atoms with Crippen molar-refractivity contribution in [3.05, 3.63) is 24.3 Å². The summed E-state index contributed by atoms with van der Waals surface area (Å²) in [6.45, 7) is 16.6. The average Bonchev–Trinajstić information content (AvgIpc) is 2.43. The van der Waals surface area contributed by atoms with E-state index in [0.717, 1.165) is 6.42 Å². The van der Waals surface area contributed by atoms with Gasteiger partial charge in [0.25, 0.3) is 0 Å². The van der Waals surface area contributed by atoms with E-state index in [2.05, 4.69) is 37.6 Å². The van der Waals surface area contributed by atoms with Gasteiger partial charge in [-0.05, 0) is 32.7 Å². The lowest BCUT2D eigenvalue weighted by molar-refractivity contribution is -0.119. The molecule has 0 saturated carbocycles. The van der Waals surface area contributed by atoms with E-state index >= 15 is 0 Å². The Balaban J connectivity index is 0. The van der Waals surface area contributed by atoms with E-state index in [1.165, 1.54) is 0 Å². The molecule has 128 valence electrons. The molecule has 0 fully saturated rings. The summed E-state index contributed by atoms with van der Waals surface area (Å²) in [5.74, 6) is 0.249. The average molecular weight is 313 g/mol. The molecule has 0 spiro atoms. The molecule has 0 aromatic heterocycles. The fraction of sp³-hybridized carbons (Fsp3) is 0.625. The van der Waals surface area contributed by atoms with Gasteiger partial charge in [-0.15, -0.1) is 0 Å². The monoisotopic (exact) mass is 313 g/mol. The van der Waals surface area contributed by atoms with Crippen molar-refractivity contribution >= 4 is 11.8 Å². The Bertz CT molecular complexity index is 366. The fourth-order valence-electron chi connectivity index (χ4n) is 1.02. The van der Waals surface area contributed by atoms with E-state index in [1.54, 1.807) is 13.8 Å². The molecule has 0 bridgehead atoms. The highest BCUT2D eigenvalue weighted by molar-refractivity contribution is 5.92. The summed E-state index contributed by atoms with van der Waals surface area (Å²) in [7, 11) is 0. The molecule has 0 aliphatic carbocycles. The molecule has 22 heavy (non-hydrogen) atoms. The molecule has 0 aliphatic heterocycles. The maximum Gasteiger partial charge on any atom is 0.248 e. The molecule has 0 unspecified atom stereocenters. The zero-order chi connectivity index (χ0) is 17.5. The van der Waals surface area contributed by atoms with Gasteiger partial charge in [-0.3, -0.25) is 9.59 Å². The Labute approximate surface area is 134 Å². The largest absolute Gasteiger partial charge is 0.361 e. The highest BCUT2D eigenvalue weighted by Crippen LogP contribution is 1.91. The quantitative estimate of drug-likeness (QED) is 0.340. The van der Waals surface area contributed by atoms with Crippen molar-refractivity contribution in [1.82, 2.24) is 10.6 Å². The van der Waals surface area contributed by atoms with Crippen LogP contribution in [0.5, 0.6) is 0 Å². The van der Waals surface area contributed by atoms with Crippen LogP contribution < -0.4 is 16.4 Å². The van der Waals surface area contributed by atoms with Crippen molar-refractivity contribution in [1.29, 1.82) is 0 Å². The molecule has 0 aromatic rings. The van der Waals surface area contributed by atoms with Crippen LogP contribution in [0.2, 0.25) is 0 Å². The Hall–Kier alpha value is -1.66. The van der Waals surface area contributed by atoms with Gasteiger partial charge in [0.15, 0.2) is 0 Å². The van der Waals surface area contributed by atoms with Gasteiger partial charge >= 0.3 is 0 Å². The Morgan fingerprint density at radius 1 is 1.09 bits per heavy atom. The number of hydrogen-bond donors (Lipinski definition) is 3. The van der Waals surface area contributed by atoms with Gasteiger partial charge in [0.1, 0.15) is 6.73 Å². The van der Waals surface area contributed by atoms with Crippen LogP contribution in [-0.2, 0) is 14.3 Å². The van der Waals surface area contributed by atoms with Gasteiger partial charge in [-0.25, -0.2) is 0 Å². The zero-order valence-corrected chi connectivity index (χ0v) is 14.3. The normalized spacial score (nSPS) is 9.55. The molecule has 0 atom stereocenters. The molecule has 0 heterocycles. The van der Waals surface area contributed by atoms with Crippen molar-refractivity contribution in [2.75, 3.05) is 26.4 Å². The van der Waals surface area contributed by atoms with Crippen LogP contribution in [0.4, 0.5) is 0 Å². The number of amides is 2. The van der Waals surface area contributed by atoms with Gasteiger partial charge in [0.2, 0.25) is 11.8 Å². The molecule has 2 amide bonds. The van der Waals surface area contributed by atoms with E-state index in [0.29, 0.717) is 36.8 Å². The predicted molar refractivity (Wildman–Crippen MR) is 90.1 cm³/mol. The second-order valence-electron chi connectivity index (χ2n) is 5.37. The van der Waals surface area contributed by atoms with Crippen molar-refractivity contribution in [3.8, 4) is 0 Å². The predicted octanol–water partition coefficient (Wildman–Crippen LogP) is 1.34. The number of ether oxygens (including phenoxy) is 1. The molecule has 6 nitrogen and oxygen atoms in total. The van der Waals surface area contributed by atoms with E-state index in [-0.39, 0.29) is 18.5 Å². The van der Waals surface area contributed by atoms with Crippen LogP contribution in [0.15, 0.2) is 24.3 Å². The maximum absolute atomic E-state index is 10.9.